The van der Waals surface area contributed by atoms with Gasteiger partial charge in [0, 0.05) is 24.1 Å². The van der Waals surface area contributed by atoms with Crippen molar-refractivity contribution in [3.63, 3.8) is 0 Å². The van der Waals surface area contributed by atoms with Crippen LogP contribution in [-0.2, 0) is 21.2 Å². The zero-order valence-electron chi connectivity index (χ0n) is 13.7. The Kier molecular flexibility index (Phi) is 5.30. The summed E-state index contributed by atoms with van der Waals surface area (Å²) in [6, 6.07) is 10.4. The second-order valence-electron chi connectivity index (χ2n) is 6.67. The maximum Gasteiger partial charge on any atom is 0.244 e. The SMILES string of the molecule is O=C(NN=C1CC[NH+](Cc2ccccc2)CC1)[C@H]1CCS(=O)(=O)C1. The summed E-state index contributed by atoms with van der Waals surface area (Å²) in [5, 5.41) is 4.23. The molecule has 0 aromatic heterocycles. The number of rotatable bonds is 4. The predicted octanol–water partition coefficient (Wildman–Crippen LogP) is -0.228. The Balaban J connectivity index is 1.44. The smallest absolute Gasteiger partial charge is 0.244 e. The third kappa shape index (κ3) is 4.64. The van der Waals surface area contributed by atoms with E-state index >= 15 is 0 Å². The van der Waals surface area contributed by atoms with Crippen LogP contribution >= 0.6 is 0 Å². The van der Waals surface area contributed by atoms with Crippen molar-refractivity contribution in [1.29, 1.82) is 0 Å². The average molecular weight is 350 g/mol. The van der Waals surface area contributed by atoms with Gasteiger partial charge in [0.1, 0.15) is 6.54 Å². The van der Waals surface area contributed by atoms with Crippen LogP contribution in [-0.4, -0.2) is 44.6 Å². The first-order valence-corrected chi connectivity index (χ1v) is 10.3. The number of benzene rings is 1. The molecule has 2 aliphatic rings. The molecule has 2 N–H and O–H groups in total. The Bertz CT molecular complexity index is 706. The number of nitrogens with zero attached hydrogens (tertiary/aromatic N) is 1. The van der Waals surface area contributed by atoms with Gasteiger partial charge in [-0.25, -0.2) is 13.8 Å². The number of carbonyl (C=O) groups excluding carboxylic acids is 1. The van der Waals surface area contributed by atoms with Crippen LogP contribution in [0.1, 0.15) is 24.8 Å². The molecule has 0 unspecified atom stereocenters. The molecule has 6 nitrogen and oxygen atoms in total. The molecule has 2 fully saturated rings. The Hall–Kier alpha value is -1.73. The quantitative estimate of drug-likeness (QED) is 0.737. The van der Waals surface area contributed by atoms with E-state index in [1.807, 2.05) is 6.07 Å². The van der Waals surface area contributed by atoms with E-state index in [0.29, 0.717) is 6.42 Å². The first-order chi connectivity index (χ1) is 11.5. The van der Waals surface area contributed by atoms with Crippen LogP contribution in [0.3, 0.4) is 0 Å². The van der Waals surface area contributed by atoms with Crippen molar-refractivity contribution < 1.29 is 18.1 Å². The van der Waals surface area contributed by atoms with Gasteiger partial charge in [-0.1, -0.05) is 30.3 Å². The zero-order valence-corrected chi connectivity index (χ0v) is 14.5. The Morgan fingerprint density at radius 3 is 2.54 bits per heavy atom. The molecule has 130 valence electrons. The summed E-state index contributed by atoms with van der Waals surface area (Å²) in [7, 11) is -3.03. The van der Waals surface area contributed by atoms with Crippen molar-refractivity contribution in [3.05, 3.63) is 35.9 Å². The molecular weight excluding hydrogens is 326 g/mol. The highest BCUT2D eigenvalue weighted by Gasteiger charge is 2.33. The van der Waals surface area contributed by atoms with Gasteiger partial charge >= 0.3 is 0 Å². The Morgan fingerprint density at radius 2 is 1.92 bits per heavy atom. The van der Waals surface area contributed by atoms with Crippen molar-refractivity contribution in [3.8, 4) is 0 Å². The van der Waals surface area contributed by atoms with Crippen molar-refractivity contribution in [1.82, 2.24) is 5.43 Å². The molecule has 3 rings (SSSR count). The topological polar surface area (TPSA) is 80.0 Å². The second kappa shape index (κ2) is 7.44. The molecule has 1 amide bonds. The van der Waals surface area contributed by atoms with Crippen LogP contribution in [0, 0.1) is 5.92 Å². The van der Waals surface area contributed by atoms with Gasteiger partial charge in [0.2, 0.25) is 5.91 Å². The normalized spacial score (nSPS) is 26.1. The third-order valence-corrected chi connectivity index (χ3v) is 6.53. The van der Waals surface area contributed by atoms with Crippen molar-refractivity contribution in [2.24, 2.45) is 11.0 Å². The molecule has 7 heteroatoms. The maximum absolute atomic E-state index is 12.0. The highest BCUT2D eigenvalue weighted by atomic mass is 32.2. The number of hydrogen-bond acceptors (Lipinski definition) is 4. The number of hydrazone groups is 1. The number of carbonyl (C=O) groups is 1. The number of piperidine rings is 1. The van der Waals surface area contributed by atoms with Gasteiger partial charge in [-0.3, -0.25) is 4.79 Å². The molecule has 0 bridgehead atoms. The number of amides is 1. The molecule has 24 heavy (non-hydrogen) atoms. The molecule has 1 aromatic carbocycles. The lowest BCUT2D eigenvalue weighted by Gasteiger charge is -2.24. The summed E-state index contributed by atoms with van der Waals surface area (Å²) < 4.78 is 22.8. The Morgan fingerprint density at radius 1 is 1.21 bits per heavy atom. The second-order valence-corrected chi connectivity index (χ2v) is 8.90. The van der Waals surface area contributed by atoms with Gasteiger partial charge in [0.15, 0.2) is 9.84 Å². The fourth-order valence-electron chi connectivity index (χ4n) is 3.29. The van der Waals surface area contributed by atoms with E-state index in [9.17, 15) is 13.2 Å². The van der Waals surface area contributed by atoms with Gasteiger partial charge in [0.05, 0.1) is 30.5 Å². The van der Waals surface area contributed by atoms with Gasteiger partial charge in [0.25, 0.3) is 0 Å². The molecule has 0 aliphatic carbocycles. The molecular formula is C17H24N3O3S+. The van der Waals surface area contributed by atoms with E-state index < -0.39 is 15.8 Å². The zero-order chi connectivity index (χ0) is 17.0. The molecule has 0 radical (unpaired) electrons. The number of nitrogens with one attached hydrogen (secondary N) is 2. The van der Waals surface area contributed by atoms with Crippen LogP contribution in [0.15, 0.2) is 35.4 Å². The van der Waals surface area contributed by atoms with Crippen LogP contribution in [0.25, 0.3) is 0 Å². The minimum atomic E-state index is -3.03. The average Bonchev–Trinajstić information content (AvgIpc) is 2.95. The van der Waals surface area contributed by atoms with Crippen LogP contribution in [0.5, 0.6) is 0 Å². The molecule has 1 atom stereocenters. The van der Waals surface area contributed by atoms with Crippen molar-refractivity contribution in [2.45, 2.75) is 25.8 Å². The summed E-state index contributed by atoms with van der Waals surface area (Å²) in [6.07, 6.45) is 2.14. The first kappa shape index (κ1) is 17.1. The largest absolute Gasteiger partial charge is 0.331 e. The Labute approximate surface area is 142 Å². The van der Waals surface area contributed by atoms with Crippen molar-refractivity contribution >= 4 is 21.5 Å². The highest BCUT2D eigenvalue weighted by molar-refractivity contribution is 7.91. The van der Waals surface area contributed by atoms with E-state index in [-0.39, 0.29) is 17.4 Å². The van der Waals surface area contributed by atoms with E-state index in [1.54, 1.807) is 0 Å². The number of likely N-dealkylation sites (tertiary alicyclic amines) is 1. The lowest BCUT2D eigenvalue weighted by Crippen LogP contribution is -3.11. The summed E-state index contributed by atoms with van der Waals surface area (Å²) in [4.78, 5) is 13.5. The minimum absolute atomic E-state index is 0.0430. The minimum Gasteiger partial charge on any atom is -0.331 e. The molecule has 2 heterocycles. The number of quaternary nitrogens is 1. The molecule has 2 saturated heterocycles. The maximum atomic E-state index is 12.0. The molecule has 0 saturated carbocycles. The molecule has 0 spiro atoms. The van der Waals surface area contributed by atoms with E-state index in [1.165, 1.54) is 10.5 Å². The highest BCUT2D eigenvalue weighted by Crippen LogP contribution is 2.18. The van der Waals surface area contributed by atoms with E-state index in [4.69, 9.17) is 0 Å². The summed E-state index contributed by atoms with van der Waals surface area (Å²) >= 11 is 0. The van der Waals surface area contributed by atoms with Crippen LogP contribution in [0.4, 0.5) is 0 Å². The monoisotopic (exact) mass is 350 g/mol. The lowest BCUT2D eigenvalue weighted by atomic mass is 10.1. The summed E-state index contributed by atoms with van der Waals surface area (Å²) in [5.74, 6) is -0.635. The van der Waals surface area contributed by atoms with Crippen LogP contribution in [0.2, 0.25) is 0 Å². The van der Waals surface area contributed by atoms with E-state index in [2.05, 4.69) is 34.8 Å². The predicted molar refractivity (Wildman–Crippen MR) is 92.4 cm³/mol. The van der Waals surface area contributed by atoms with Crippen molar-refractivity contribution in [2.75, 3.05) is 24.6 Å². The van der Waals surface area contributed by atoms with Crippen LogP contribution < -0.4 is 10.3 Å². The summed E-state index contributed by atoms with van der Waals surface area (Å²) in [5.41, 5.74) is 4.91. The third-order valence-electron chi connectivity index (χ3n) is 4.76. The first-order valence-electron chi connectivity index (χ1n) is 8.45. The van der Waals surface area contributed by atoms with Gasteiger partial charge in [-0.2, -0.15) is 5.10 Å². The summed E-state index contributed by atoms with van der Waals surface area (Å²) in [6.45, 7) is 3.02. The number of hydrogen-bond donors (Lipinski definition) is 2. The van der Waals surface area contributed by atoms with Gasteiger partial charge in [-0.05, 0) is 6.42 Å². The lowest BCUT2D eigenvalue weighted by molar-refractivity contribution is -0.914. The molecule has 2 aliphatic heterocycles. The van der Waals surface area contributed by atoms with Gasteiger partial charge < -0.3 is 4.90 Å². The fraction of sp³-hybridized carbons (Fsp3) is 0.529. The molecule has 1 aromatic rings. The fourth-order valence-corrected chi connectivity index (χ4v) is 5.03. The van der Waals surface area contributed by atoms with Gasteiger partial charge in [-0.15, -0.1) is 0 Å². The number of sulfone groups is 1. The van der Waals surface area contributed by atoms with E-state index in [0.717, 1.165) is 38.2 Å². The standard InChI is InChI=1S/C17H23N3O3S/c21-17(15-8-11-24(22,23)13-15)19-18-16-6-9-20(10-7-16)12-14-4-2-1-3-5-14/h1-5,15H,6-13H2,(H,19,21)/p+1/t15-/m0/s1.